The number of pyridine rings is 1. The Hall–Kier alpha value is -2.31. The molecule has 1 aromatic heterocycles. The Bertz CT molecular complexity index is 488. The highest BCUT2D eigenvalue weighted by molar-refractivity contribution is 6.02. The summed E-state index contributed by atoms with van der Waals surface area (Å²) in [6.45, 7) is 3.98. The van der Waals surface area contributed by atoms with Crippen LogP contribution in [0.5, 0.6) is 5.88 Å². The summed E-state index contributed by atoms with van der Waals surface area (Å²) in [5.41, 5.74) is 6.40. The molecule has 7 heteroatoms. The first-order chi connectivity index (χ1) is 9.49. The van der Waals surface area contributed by atoms with Crippen LogP contribution in [0, 0.1) is 11.8 Å². The lowest BCUT2D eigenvalue weighted by molar-refractivity contribution is -0.124. The van der Waals surface area contributed by atoms with Crippen LogP contribution >= 0.6 is 0 Å². The van der Waals surface area contributed by atoms with Gasteiger partial charge >= 0.3 is 0 Å². The maximum Gasteiger partial charge on any atom is 0.231 e. The number of hydrogen-bond donors (Lipinski definition) is 3. The van der Waals surface area contributed by atoms with E-state index in [2.05, 4.69) is 15.5 Å². The largest absolute Gasteiger partial charge is 0.481 e. The Kier molecular flexibility index (Phi) is 5.76. The molecule has 20 heavy (non-hydrogen) atoms. The van der Waals surface area contributed by atoms with Crippen LogP contribution in [0.1, 0.15) is 19.4 Å². The van der Waals surface area contributed by atoms with Crippen LogP contribution in [0.3, 0.4) is 0 Å². The molecule has 1 atom stereocenters. The van der Waals surface area contributed by atoms with Crippen molar-refractivity contribution in [3.05, 3.63) is 23.9 Å². The fraction of sp³-hybridized carbons (Fsp3) is 0.462. The minimum atomic E-state index is -0.663. The van der Waals surface area contributed by atoms with Gasteiger partial charge in [0.25, 0.3) is 0 Å². The van der Waals surface area contributed by atoms with E-state index in [1.165, 1.54) is 7.11 Å². The molecule has 1 amide bonds. The number of amides is 1. The molecule has 0 aromatic carbocycles. The zero-order chi connectivity index (χ0) is 15.1. The van der Waals surface area contributed by atoms with Crippen molar-refractivity contribution in [1.29, 1.82) is 0 Å². The predicted molar refractivity (Wildman–Crippen MR) is 74.4 cm³/mol. The molecule has 0 aliphatic carbocycles. The number of carbonyl (C=O) groups is 1. The first-order valence-corrected chi connectivity index (χ1v) is 6.23. The highest BCUT2D eigenvalue weighted by Gasteiger charge is 2.26. The Morgan fingerprint density at radius 3 is 2.85 bits per heavy atom. The Balaban J connectivity index is 2.69. The molecule has 0 bridgehead atoms. The van der Waals surface area contributed by atoms with Crippen LogP contribution in [0.4, 0.5) is 0 Å². The van der Waals surface area contributed by atoms with Gasteiger partial charge in [0.2, 0.25) is 11.8 Å². The van der Waals surface area contributed by atoms with Crippen LogP contribution in [0.2, 0.25) is 0 Å². The van der Waals surface area contributed by atoms with E-state index < -0.39 is 5.92 Å². The van der Waals surface area contributed by atoms with Crippen LogP contribution in [0.25, 0.3) is 0 Å². The van der Waals surface area contributed by atoms with Crippen LogP contribution in [-0.4, -0.2) is 29.0 Å². The predicted octanol–water partition coefficient (Wildman–Crippen LogP) is 0.725. The monoisotopic (exact) mass is 280 g/mol. The number of amidine groups is 1. The average Bonchev–Trinajstić information content (AvgIpc) is 2.44. The number of oxime groups is 1. The number of nitrogens with zero attached hydrogens (tertiary/aromatic N) is 2. The zero-order valence-corrected chi connectivity index (χ0v) is 11.8. The van der Waals surface area contributed by atoms with Crippen molar-refractivity contribution in [2.45, 2.75) is 20.4 Å². The summed E-state index contributed by atoms with van der Waals surface area (Å²) in [7, 11) is 1.53. The summed E-state index contributed by atoms with van der Waals surface area (Å²) in [5.74, 6) is -0.633. The smallest absolute Gasteiger partial charge is 0.231 e. The summed E-state index contributed by atoms with van der Waals surface area (Å²) >= 11 is 0. The van der Waals surface area contributed by atoms with Crippen LogP contribution < -0.4 is 15.8 Å². The maximum atomic E-state index is 12.1. The van der Waals surface area contributed by atoms with Crippen molar-refractivity contribution in [2.24, 2.45) is 22.7 Å². The molecule has 0 aliphatic heterocycles. The average molecular weight is 280 g/mol. The second-order valence-corrected chi connectivity index (χ2v) is 4.67. The van der Waals surface area contributed by atoms with Crippen molar-refractivity contribution in [2.75, 3.05) is 7.11 Å². The molecule has 110 valence electrons. The van der Waals surface area contributed by atoms with Gasteiger partial charge in [-0.1, -0.05) is 19.0 Å². The maximum absolute atomic E-state index is 12.1. The van der Waals surface area contributed by atoms with Gasteiger partial charge in [0, 0.05) is 18.8 Å². The third-order valence-corrected chi connectivity index (χ3v) is 2.86. The van der Waals surface area contributed by atoms with Crippen LogP contribution in [0.15, 0.2) is 23.5 Å². The van der Waals surface area contributed by atoms with E-state index >= 15 is 0 Å². The number of hydrogen-bond acceptors (Lipinski definition) is 5. The minimum Gasteiger partial charge on any atom is -0.481 e. The molecule has 1 rings (SSSR count). The standard InChI is InChI=1S/C13H20N4O3/c1-8(2)11(12(14)17-19)13(18)16-7-9-4-5-15-10(6-9)20-3/h4-6,8,11,19H,7H2,1-3H3,(H2,14,17)(H,16,18). The van der Waals surface area contributed by atoms with E-state index in [0.717, 1.165) is 5.56 Å². The lowest BCUT2D eigenvalue weighted by atomic mass is 9.94. The Morgan fingerprint density at radius 2 is 2.30 bits per heavy atom. The number of ether oxygens (including phenoxy) is 1. The zero-order valence-electron chi connectivity index (χ0n) is 11.8. The summed E-state index contributed by atoms with van der Waals surface area (Å²) in [6, 6.07) is 3.50. The van der Waals surface area contributed by atoms with E-state index in [1.54, 1.807) is 18.3 Å². The van der Waals surface area contributed by atoms with Gasteiger partial charge in [-0.3, -0.25) is 4.79 Å². The number of nitrogens with two attached hydrogens (primary N) is 1. The molecule has 0 saturated heterocycles. The molecule has 0 saturated carbocycles. The van der Waals surface area contributed by atoms with Crippen molar-refractivity contribution < 1.29 is 14.7 Å². The molecule has 1 heterocycles. The fourth-order valence-electron chi connectivity index (χ4n) is 1.81. The number of rotatable bonds is 6. The molecule has 1 unspecified atom stereocenters. The first kappa shape index (κ1) is 15.7. The molecule has 7 nitrogen and oxygen atoms in total. The third-order valence-electron chi connectivity index (χ3n) is 2.86. The quantitative estimate of drug-likeness (QED) is 0.308. The number of carbonyl (C=O) groups excluding carboxylic acids is 1. The van der Waals surface area contributed by atoms with Crippen molar-refractivity contribution in [3.8, 4) is 5.88 Å². The number of nitrogens with one attached hydrogen (secondary N) is 1. The molecule has 0 fully saturated rings. The van der Waals surface area contributed by atoms with E-state index in [4.69, 9.17) is 15.7 Å². The lowest BCUT2D eigenvalue weighted by Gasteiger charge is -2.18. The normalized spacial score (nSPS) is 13.1. The van der Waals surface area contributed by atoms with Gasteiger partial charge in [0.1, 0.15) is 5.92 Å². The van der Waals surface area contributed by atoms with E-state index in [-0.39, 0.29) is 17.7 Å². The molecule has 0 spiro atoms. The van der Waals surface area contributed by atoms with Crippen molar-refractivity contribution in [3.63, 3.8) is 0 Å². The molecular weight excluding hydrogens is 260 g/mol. The van der Waals surface area contributed by atoms with Gasteiger partial charge in [0.05, 0.1) is 7.11 Å². The molecule has 4 N–H and O–H groups in total. The van der Waals surface area contributed by atoms with Gasteiger partial charge in [0.15, 0.2) is 5.84 Å². The summed E-state index contributed by atoms with van der Waals surface area (Å²) in [5, 5.41) is 14.4. The Morgan fingerprint density at radius 1 is 1.60 bits per heavy atom. The molecule has 1 aromatic rings. The van der Waals surface area contributed by atoms with E-state index in [0.29, 0.717) is 12.4 Å². The minimum absolute atomic E-state index is 0.0714. The number of methoxy groups -OCH3 is 1. The van der Waals surface area contributed by atoms with E-state index in [1.807, 2.05) is 13.8 Å². The summed E-state index contributed by atoms with van der Waals surface area (Å²) < 4.78 is 5.01. The third kappa shape index (κ3) is 4.11. The van der Waals surface area contributed by atoms with Gasteiger partial charge in [-0.15, -0.1) is 0 Å². The highest BCUT2D eigenvalue weighted by Crippen LogP contribution is 2.12. The molecule has 0 aliphatic rings. The van der Waals surface area contributed by atoms with E-state index in [9.17, 15) is 4.79 Å². The highest BCUT2D eigenvalue weighted by atomic mass is 16.5. The molecule has 0 radical (unpaired) electrons. The first-order valence-electron chi connectivity index (χ1n) is 6.23. The van der Waals surface area contributed by atoms with Gasteiger partial charge in [-0.2, -0.15) is 0 Å². The van der Waals surface area contributed by atoms with Gasteiger partial charge in [-0.25, -0.2) is 4.98 Å². The van der Waals surface area contributed by atoms with Gasteiger partial charge < -0.3 is 21.0 Å². The van der Waals surface area contributed by atoms with Crippen molar-refractivity contribution >= 4 is 11.7 Å². The molecular formula is C13H20N4O3. The van der Waals surface area contributed by atoms with Gasteiger partial charge in [-0.05, 0) is 17.5 Å². The van der Waals surface area contributed by atoms with Crippen LogP contribution in [-0.2, 0) is 11.3 Å². The topological polar surface area (TPSA) is 110 Å². The van der Waals surface area contributed by atoms with Crippen molar-refractivity contribution in [1.82, 2.24) is 10.3 Å². The Labute approximate surface area is 117 Å². The summed E-state index contributed by atoms with van der Waals surface area (Å²) in [6.07, 6.45) is 1.60. The lowest BCUT2D eigenvalue weighted by Crippen LogP contribution is -2.41. The fourth-order valence-corrected chi connectivity index (χ4v) is 1.81. The second kappa shape index (κ2) is 7.32. The SMILES string of the molecule is COc1cc(CNC(=O)C(C(N)=NO)C(C)C)ccn1. The summed E-state index contributed by atoms with van der Waals surface area (Å²) in [4.78, 5) is 16.1. The number of aromatic nitrogens is 1. The second-order valence-electron chi connectivity index (χ2n) is 4.67.